The van der Waals surface area contributed by atoms with E-state index in [2.05, 4.69) is 25.2 Å². The number of hydrogen-bond donors (Lipinski definition) is 0. The van der Waals surface area contributed by atoms with E-state index >= 15 is 0 Å². The van der Waals surface area contributed by atoms with Crippen LogP contribution in [0, 0.1) is 17.3 Å². The zero-order chi connectivity index (χ0) is 16.2. The van der Waals surface area contributed by atoms with E-state index in [1.54, 1.807) is 0 Å². The number of esters is 1. The van der Waals surface area contributed by atoms with Gasteiger partial charge in [-0.1, -0.05) is 12.2 Å². The molecule has 4 aliphatic rings. The standard InChI is InChI=1S/C20H24O3/c1-12(21)23-14-4-6-15-13(11-14)3-5-17-16(15)9-10-20(2)18(17)7-8-19(20)22/h9-11,14,17-18H,3-8H2,1-2H3/t14-,17+,18-,20-/m0/s1. The van der Waals surface area contributed by atoms with Crippen molar-refractivity contribution in [2.75, 3.05) is 0 Å². The van der Waals surface area contributed by atoms with Crippen molar-refractivity contribution in [3.05, 3.63) is 34.9 Å². The Bertz CT molecular complexity index is 666. The minimum Gasteiger partial charge on any atom is -0.458 e. The molecule has 3 nitrogen and oxygen atoms in total. The first kappa shape index (κ1) is 14.9. The number of carbonyl (C=O) groups excluding carboxylic acids is 2. The van der Waals surface area contributed by atoms with E-state index in [0.717, 1.165) is 38.5 Å². The molecule has 0 heterocycles. The first-order chi connectivity index (χ1) is 11.0. The van der Waals surface area contributed by atoms with E-state index in [1.165, 1.54) is 23.6 Å². The lowest BCUT2D eigenvalue weighted by Crippen LogP contribution is -2.37. The van der Waals surface area contributed by atoms with Crippen molar-refractivity contribution in [1.29, 1.82) is 0 Å². The molecular weight excluding hydrogens is 288 g/mol. The normalized spacial score (nSPS) is 38.6. The van der Waals surface area contributed by atoms with Gasteiger partial charge in [-0.05, 0) is 73.7 Å². The Morgan fingerprint density at radius 1 is 1.22 bits per heavy atom. The Kier molecular flexibility index (Phi) is 3.36. The monoisotopic (exact) mass is 312 g/mol. The third kappa shape index (κ3) is 2.24. The lowest BCUT2D eigenvalue weighted by molar-refractivity contribution is -0.144. The second-order valence-corrected chi connectivity index (χ2v) is 7.64. The Hall–Kier alpha value is -1.64. The Labute approximate surface area is 137 Å². The van der Waals surface area contributed by atoms with Gasteiger partial charge in [0.25, 0.3) is 0 Å². The molecule has 122 valence electrons. The lowest BCUT2D eigenvalue weighted by atomic mass is 9.61. The second kappa shape index (κ2) is 5.19. The van der Waals surface area contributed by atoms with Gasteiger partial charge in [0.15, 0.2) is 0 Å². The predicted molar refractivity (Wildman–Crippen MR) is 87.6 cm³/mol. The first-order valence-electron chi connectivity index (χ1n) is 8.83. The van der Waals surface area contributed by atoms with E-state index in [9.17, 15) is 9.59 Å². The number of fused-ring (bicyclic) bond motifs is 4. The molecule has 0 aliphatic heterocycles. The summed E-state index contributed by atoms with van der Waals surface area (Å²) in [4.78, 5) is 23.5. The highest BCUT2D eigenvalue weighted by molar-refractivity contribution is 5.89. The number of ether oxygens (including phenoxy) is 1. The van der Waals surface area contributed by atoms with Crippen LogP contribution >= 0.6 is 0 Å². The number of allylic oxidation sites excluding steroid dienone is 5. The minimum absolute atomic E-state index is 0.0608. The lowest BCUT2D eigenvalue weighted by Gasteiger charge is -2.43. The molecule has 0 aromatic rings. The van der Waals surface area contributed by atoms with Crippen LogP contribution in [0.3, 0.4) is 0 Å². The van der Waals surface area contributed by atoms with Crippen molar-refractivity contribution in [2.45, 2.75) is 58.5 Å². The van der Waals surface area contributed by atoms with Gasteiger partial charge >= 0.3 is 5.97 Å². The third-order valence-corrected chi connectivity index (χ3v) is 6.39. The molecule has 0 bridgehead atoms. The maximum atomic E-state index is 12.3. The summed E-state index contributed by atoms with van der Waals surface area (Å²) in [7, 11) is 0. The smallest absolute Gasteiger partial charge is 0.303 e. The van der Waals surface area contributed by atoms with Gasteiger partial charge in [-0.2, -0.15) is 0 Å². The Morgan fingerprint density at radius 3 is 2.83 bits per heavy atom. The number of rotatable bonds is 1. The fraction of sp³-hybridized carbons (Fsp3) is 0.600. The molecule has 0 aromatic carbocycles. The van der Waals surface area contributed by atoms with Gasteiger partial charge in [0.2, 0.25) is 0 Å². The molecule has 4 aliphatic carbocycles. The predicted octanol–water partition coefficient (Wildman–Crippen LogP) is 3.90. The fourth-order valence-corrected chi connectivity index (χ4v) is 5.22. The highest BCUT2D eigenvalue weighted by Crippen LogP contribution is 2.55. The number of hydrogen-bond acceptors (Lipinski definition) is 3. The number of Topliss-reactive ketones (excluding diaryl/α,β-unsaturated/α-hetero) is 1. The van der Waals surface area contributed by atoms with Crippen molar-refractivity contribution in [2.24, 2.45) is 17.3 Å². The van der Waals surface area contributed by atoms with Gasteiger partial charge < -0.3 is 4.74 Å². The zero-order valence-electron chi connectivity index (χ0n) is 13.9. The van der Waals surface area contributed by atoms with Gasteiger partial charge in [-0.15, -0.1) is 0 Å². The summed E-state index contributed by atoms with van der Waals surface area (Å²) >= 11 is 0. The molecule has 0 N–H and O–H groups in total. The summed E-state index contributed by atoms with van der Waals surface area (Å²) in [5.74, 6) is 1.24. The van der Waals surface area contributed by atoms with Crippen LogP contribution in [-0.4, -0.2) is 17.9 Å². The van der Waals surface area contributed by atoms with Crippen LogP contribution in [0.2, 0.25) is 0 Å². The largest absolute Gasteiger partial charge is 0.458 e. The summed E-state index contributed by atoms with van der Waals surface area (Å²) in [5.41, 5.74) is 4.06. The van der Waals surface area contributed by atoms with Crippen molar-refractivity contribution in [3.63, 3.8) is 0 Å². The highest BCUT2D eigenvalue weighted by atomic mass is 16.5. The first-order valence-corrected chi connectivity index (χ1v) is 8.83. The van der Waals surface area contributed by atoms with Gasteiger partial charge in [0.1, 0.15) is 11.9 Å². The summed E-state index contributed by atoms with van der Waals surface area (Å²) in [6, 6.07) is 0. The van der Waals surface area contributed by atoms with Gasteiger partial charge in [-0.3, -0.25) is 9.59 Å². The van der Waals surface area contributed by atoms with Crippen LogP contribution in [0.25, 0.3) is 0 Å². The van der Waals surface area contributed by atoms with Crippen molar-refractivity contribution >= 4 is 11.8 Å². The molecule has 0 spiro atoms. The molecule has 4 atom stereocenters. The maximum Gasteiger partial charge on any atom is 0.303 e. The van der Waals surface area contributed by atoms with Crippen LogP contribution in [0.15, 0.2) is 34.9 Å². The van der Waals surface area contributed by atoms with E-state index in [4.69, 9.17) is 4.74 Å². The van der Waals surface area contributed by atoms with Gasteiger partial charge in [0.05, 0.1) is 0 Å². The maximum absolute atomic E-state index is 12.3. The molecule has 0 radical (unpaired) electrons. The SMILES string of the molecule is CC(=O)O[C@@H]1C=C2CC[C@@H]3C(=C2CC1)C=C[C@]1(C)C(=O)CC[C@@H]31. The fourth-order valence-electron chi connectivity index (χ4n) is 5.22. The summed E-state index contributed by atoms with van der Waals surface area (Å²) in [6.07, 6.45) is 12.3. The molecule has 4 rings (SSSR count). The van der Waals surface area contributed by atoms with Crippen LogP contribution in [0.1, 0.15) is 52.4 Å². The molecule has 0 saturated heterocycles. The van der Waals surface area contributed by atoms with E-state index < -0.39 is 0 Å². The average Bonchev–Trinajstić information content (AvgIpc) is 2.82. The van der Waals surface area contributed by atoms with E-state index in [1.807, 2.05) is 0 Å². The Balaban J connectivity index is 1.70. The molecule has 23 heavy (non-hydrogen) atoms. The summed E-state index contributed by atoms with van der Waals surface area (Å²) in [5, 5.41) is 0. The zero-order valence-corrected chi connectivity index (χ0v) is 13.9. The van der Waals surface area contributed by atoms with Crippen molar-refractivity contribution < 1.29 is 14.3 Å². The van der Waals surface area contributed by atoms with Gasteiger partial charge in [0, 0.05) is 18.8 Å². The molecule has 0 amide bonds. The third-order valence-electron chi connectivity index (χ3n) is 6.39. The van der Waals surface area contributed by atoms with Crippen LogP contribution in [0.4, 0.5) is 0 Å². The van der Waals surface area contributed by atoms with Crippen molar-refractivity contribution in [3.8, 4) is 0 Å². The molecular formula is C20H24O3. The summed E-state index contributed by atoms with van der Waals surface area (Å²) < 4.78 is 5.38. The van der Waals surface area contributed by atoms with E-state index in [0.29, 0.717) is 17.6 Å². The second-order valence-electron chi connectivity index (χ2n) is 7.64. The minimum atomic E-state index is -0.231. The quantitative estimate of drug-likeness (QED) is 0.690. The van der Waals surface area contributed by atoms with E-state index in [-0.39, 0.29) is 17.5 Å². The average molecular weight is 312 g/mol. The van der Waals surface area contributed by atoms with Crippen LogP contribution in [-0.2, 0) is 14.3 Å². The van der Waals surface area contributed by atoms with Crippen LogP contribution in [0.5, 0.6) is 0 Å². The molecule has 3 heteroatoms. The topological polar surface area (TPSA) is 43.4 Å². The molecule has 1 saturated carbocycles. The van der Waals surface area contributed by atoms with Crippen LogP contribution < -0.4 is 0 Å². The highest BCUT2D eigenvalue weighted by Gasteiger charge is 2.51. The Morgan fingerprint density at radius 2 is 2.04 bits per heavy atom. The molecule has 0 unspecified atom stereocenters. The summed E-state index contributed by atoms with van der Waals surface area (Å²) in [6.45, 7) is 3.61. The number of carbonyl (C=O) groups is 2. The van der Waals surface area contributed by atoms with Crippen molar-refractivity contribution in [1.82, 2.24) is 0 Å². The molecule has 1 fully saturated rings. The number of ketones is 1. The van der Waals surface area contributed by atoms with Gasteiger partial charge in [-0.25, -0.2) is 0 Å². The molecule has 0 aromatic heterocycles.